The molecule has 5 heteroatoms. The molecule has 1 fully saturated rings. The normalized spacial score (nSPS) is 27.9. The van der Waals surface area contributed by atoms with Crippen LogP contribution in [-0.4, -0.2) is 43.7 Å². The van der Waals surface area contributed by atoms with Gasteiger partial charge >= 0.3 is 0 Å². The molecule has 72 valence electrons. The lowest BCUT2D eigenvalue weighted by atomic mass is 10.0. The van der Waals surface area contributed by atoms with Crippen LogP contribution in [0.4, 0.5) is 4.39 Å². The largest absolute Gasteiger partial charge is 0.346 e. The summed E-state index contributed by atoms with van der Waals surface area (Å²) < 4.78 is 13.5. The van der Waals surface area contributed by atoms with Crippen LogP contribution in [0.1, 0.15) is 6.42 Å². The Balaban J connectivity index is 0.00000121. The van der Waals surface area contributed by atoms with Gasteiger partial charge in [-0.3, -0.25) is 4.79 Å². The number of rotatable bonds is 1. The second kappa shape index (κ2) is 4.05. The van der Waals surface area contributed by atoms with Crippen LogP contribution in [0.3, 0.4) is 0 Å². The third-order valence-corrected chi connectivity index (χ3v) is 1.89. The van der Waals surface area contributed by atoms with Gasteiger partial charge in [-0.1, -0.05) is 0 Å². The summed E-state index contributed by atoms with van der Waals surface area (Å²) in [4.78, 5) is 12.5. The molecule has 3 nitrogen and oxygen atoms in total. The van der Waals surface area contributed by atoms with E-state index in [2.05, 4.69) is 5.32 Å². The van der Waals surface area contributed by atoms with Gasteiger partial charge in [0, 0.05) is 27.1 Å². The molecule has 1 atom stereocenters. The lowest BCUT2D eigenvalue weighted by Crippen LogP contribution is -2.44. The monoisotopic (exact) mass is 196 g/mol. The van der Waals surface area contributed by atoms with Crippen LogP contribution in [0.25, 0.3) is 0 Å². The molecular weight excluding hydrogens is 183 g/mol. The summed E-state index contributed by atoms with van der Waals surface area (Å²) in [6.45, 7) is 0.750. The van der Waals surface area contributed by atoms with Crippen molar-refractivity contribution in [3.8, 4) is 0 Å². The molecule has 0 aromatic carbocycles. The number of amides is 1. The summed E-state index contributed by atoms with van der Waals surface area (Å²) in [5.41, 5.74) is -1.65. The quantitative estimate of drug-likeness (QED) is 0.650. The van der Waals surface area contributed by atoms with Gasteiger partial charge in [-0.05, 0) is 6.54 Å². The summed E-state index contributed by atoms with van der Waals surface area (Å²) in [6.07, 6.45) is 0.296. The first kappa shape index (κ1) is 11.6. The Labute approximate surface area is 77.7 Å². The number of hydrogen-bond donors (Lipinski definition) is 1. The van der Waals surface area contributed by atoms with Gasteiger partial charge in [0.2, 0.25) is 5.67 Å². The molecule has 0 bridgehead atoms. The van der Waals surface area contributed by atoms with E-state index < -0.39 is 11.6 Å². The number of nitrogens with zero attached hydrogens (tertiary/aromatic N) is 1. The van der Waals surface area contributed by atoms with Crippen LogP contribution in [0.2, 0.25) is 0 Å². The highest BCUT2D eigenvalue weighted by molar-refractivity contribution is 5.85. The number of halogens is 2. The molecule has 0 aromatic rings. The molecular formula is C7H14ClFN2O. The van der Waals surface area contributed by atoms with Crippen molar-refractivity contribution in [2.75, 3.05) is 27.2 Å². The molecule has 12 heavy (non-hydrogen) atoms. The van der Waals surface area contributed by atoms with Gasteiger partial charge in [-0.2, -0.15) is 0 Å². The Kier molecular flexibility index (Phi) is 3.93. The number of alkyl halides is 1. The molecule has 1 heterocycles. The minimum absolute atomic E-state index is 0. The number of hydrogen-bond acceptors (Lipinski definition) is 2. The smallest absolute Gasteiger partial charge is 0.261 e. The second-order valence-corrected chi connectivity index (χ2v) is 3.09. The van der Waals surface area contributed by atoms with Gasteiger partial charge in [0.1, 0.15) is 0 Å². The summed E-state index contributed by atoms with van der Waals surface area (Å²) in [5.74, 6) is -0.428. The van der Waals surface area contributed by atoms with Crippen molar-refractivity contribution in [3.63, 3.8) is 0 Å². The third kappa shape index (κ3) is 2.08. The van der Waals surface area contributed by atoms with Gasteiger partial charge < -0.3 is 10.2 Å². The molecule has 1 unspecified atom stereocenters. The Morgan fingerprint density at radius 1 is 1.58 bits per heavy atom. The Morgan fingerprint density at radius 2 is 2.17 bits per heavy atom. The topological polar surface area (TPSA) is 32.3 Å². The van der Waals surface area contributed by atoms with Crippen molar-refractivity contribution in [1.29, 1.82) is 0 Å². The van der Waals surface area contributed by atoms with E-state index in [0.29, 0.717) is 13.0 Å². The fourth-order valence-corrected chi connectivity index (χ4v) is 1.24. The zero-order valence-corrected chi connectivity index (χ0v) is 8.08. The first-order chi connectivity index (χ1) is 5.06. The average Bonchev–Trinajstić information content (AvgIpc) is 2.35. The minimum atomic E-state index is -1.65. The molecule has 1 saturated heterocycles. The summed E-state index contributed by atoms with van der Waals surface area (Å²) in [7, 11) is 3.14. The highest BCUT2D eigenvalue weighted by Crippen LogP contribution is 2.21. The van der Waals surface area contributed by atoms with E-state index in [-0.39, 0.29) is 19.0 Å². The van der Waals surface area contributed by atoms with Crippen molar-refractivity contribution in [1.82, 2.24) is 10.2 Å². The molecule has 1 N–H and O–H groups in total. The van der Waals surface area contributed by atoms with E-state index >= 15 is 0 Å². The lowest BCUT2D eigenvalue weighted by molar-refractivity contribution is -0.140. The third-order valence-electron chi connectivity index (χ3n) is 1.89. The van der Waals surface area contributed by atoms with Crippen molar-refractivity contribution in [2.45, 2.75) is 12.1 Å². The first-order valence-corrected chi connectivity index (χ1v) is 3.68. The number of carbonyl (C=O) groups is 1. The van der Waals surface area contributed by atoms with E-state index in [4.69, 9.17) is 0 Å². The molecule has 0 spiro atoms. The molecule has 0 saturated carbocycles. The highest BCUT2D eigenvalue weighted by Gasteiger charge is 2.42. The molecule has 0 aliphatic carbocycles. The van der Waals surface area contributed by atoms with Crippen LogP contribution >= 0.6 is 12.4 Å². The zero-order chi connectivity index (χ0) is 8.48. The standard InChI is InChI=1S/C7H13FN2O.ClH/c1-10(2)6(11)7(8)3-4-9-5-7;/h9H,3-5H2,1-2H3;1H. The maximum Gasteiger partial charge on any atom is 0.261 e. The number of carbonyl (C=O) groups excluding carboxylic acids is 1. The average molecular weight is 197 g/mol. The van der Waals surface area contributed by atoms with Crippen molar-refractivity contribution >= 4 is 18.3 Å². The summed E-state index contributed by atoms with van der Waals surface area (Å²) in [6, 6.07) is 0. The van der Waals surface area contributed by atoms with Gasteiger partial charge in [0.25, 0.3) is 5.91 Å². The number of nitrogens with one attached hydrogen (secondary N) is 1. The van der Waals surface area contributed by atoms with E-state index in [1.165, 1.54) is 4.90 Å². The molecule has 0 aromatic heterocycles. The first-order valence-electron chi connectivity index (χ1n) is 3.68. The lowest BCUT2D eigenvalue weighted by Gasteiger charge is -2.21. The molecule has 1 amide bonds. The summed E-state index contributed by atoms with van der Waals surface area (Å²) >= 11 is 0. The van der Waals surface area contributed by atoms with Crippen LogP contribution < -0.4 is 5.32 Å². The summed E-state index contributed by atoms with van der Waals surface area (Å²) in [5, 5.41) is 2.83. The van der Waals surface area contributed by atoms with Gasteiger partial charge in [-0.15, -0.1) is 12.4 Å². The van der Waals surface area contributed by atoms with Gasteiger partial charge in [0.15, 0.2) is 0 Å². The SMILES string of the molecule is CN(C)C(=O)C1(F)CCNC1.Cl. The Hall–Kier alpha value is -0.350. The minimum Gasteiger partial charge on any atom is -0.346 e. The zero-order valence-electron chi connectivity index (χ0n) is 7.26. The highest BCUT2D eigenvalue weighted by atomic mass is 35.5. The predicted octanol–water partition coefficient (Wildman–Crippen LogP) is 0.198. The van der Waals surface area contributed by atoms with E-state index in [0.717, 1.165) is 0 Å². The molecule has 0 radical (unpaired) electrons. The van der Waals surface area contributed by atoms with Crippen molar-refractivity contribution in [2.24, 2.45) is 0 Å². The molecule has 1 aliphatic heterocycles. The second-order valence-electron chi connectivity index (χ2n) is 3.09. The van der Waals surface area contributed by atoms with Gasteiger partial charge in [0.05, 0.1) is 0 Å². The van der Waals surface area contributed by atoms with Crippen LogP contribution in [0.15, 0.2) is 0 Å². The molecule has 1 rings (SSSR count). The Morgan fingerprint density at radius 3 is 2.50 bits per heavy atom. The van der Waals surface area contributed by atoms with E-state index in [1.54, 1.807) is 14.1 Å². The van der Waals surface area contributed by atoms with E-state index in [9.17, 15) is 9.18 Å². The van der Waals surface area contributed by atoms with Crippen LogP contribution in [0, 0.1) is 0 Å². The maximum absolute atomic E-state index is 13.5. The van der Waals surface area contributed by atoms with Gasteiger partial charge in [-0.25, -0.2) is 4.39 Å². The van der Waals surface area contributed by atoms with Crippen molar-refractivity contribution < 1.29 is 9.18 Å². The van der Waals surface area contributed by atoms with E-state index in [1.807, 2.05) is 0 Å². The van der Waals surface area contributed by atoms with Crippen molar-refractivity contribution in [3.05, 3.63) is 0 Å². The molecule has 1 aliphatic rings. The predicted molar refractivity (Wildman–Crippen MR) is 47.3 cm³/mol. The fraction of sp³-hybridized carbons (Fsp3) is 0.857. The maximum atomic E-state index is 13.5. The fourth-order valence-electron chi connectivity index (χ4n) is 1.24. The van der Waals surface area contributed by atoms with Crippen LogP contribution in [0.5, 0.6) is 0 Å². The van der Waals surface area contributed by atoms with Crippen LogP contribution in [-0.2, 0) is 4.79 Å². The Bertz CT molecular complexity index is 169.